The lowest BCUT2D eigenvalue weighted by Gasteiger charge is -2.10. The van der Waals surface area contributed by atoms with Gasteiger partial charge in [0.1, 0.15) is 5.58 Å². The van der Waals surface area contributed by atoms with Crippen LogP contribution in [0.15, 0.2) is 79.7 Å². The molecule has 3 aromatic heterocycles. The van der Waals surface area contributed by atoms with Crippen molar-refractivity contribution in [2.45, 2.75) is 17.5 Å². The van der Waals surface area contributed by atoms with Crippen molar-refractivity contribution in [1.82, 2.24) is 19.4 Å². The predicted octanol–water partition coefficient (Wildman–Crippen LogP) is 4.24. The van der Waals surface area contributed by atoms with E-state index in [0.717, 1.165) is 10.9 Å². The number of furan rings is 1. The van der Waals surface area contributed by atoms with Crippen LogP contribution in [-0.4, -0.2) is 46.0 Å². The molecule has 0 spiro atoms. The number of fused-ring (bicyclic) bond motifs is 2. The minimum absolute atomic E-state index is 0.229. The monoisotopic (exact) mass is 489 g/mol. The number of oxazole rings is 1. The number of aromatic nitrogens is 3. The van der Waals surface area contributed by atoms with Crippen LogP contribution < -0.4 is 11.1 Å². The predicted molar refractivity (Wildman–Crippen MR) is 135 cm³/mol. The van der Waals surface area contributed by atoms with Crippen LogP contribution in [0.25, 0.3) is 22.1 Å². The highest BCUT2D eigenvalue weighted by Crippen LogP contribution is 2.31. The summed E-state index contributed by atoms with van der Waals surface area (Å²) in [5.41, 5.74) is 3.02. The second-order valence-corrected chi connectivity index (χ2v) is 9.13. The molecule has 1 N–H and O–H groups in total. The highest BCUT2D eigenvalue weighted by molar-refractivity contribution is 7.98. The summed E-state index contributed by atoms with van der Waals surface area (Å²) in [6.45, 7) is 1.15. The maximum Gasteiger partial charge on any atom is 0.419 e. The first-order chi connectivity index (χ1) is 17.0. The fraction of sp³-hybridized carbons (Fsp3) is 0.200. The molecule has 0 fully saturated rings. The molecule has 2 aromatic carbocycles. The number of nitrogens with zero attached hydrogens (tertiary/aromatic N) is 4. The van der Waals surface area contributed by atoms with Gasteiger partial charge in [-0.3, -0.25) is 9.36 Å². The average Bonchev–Trinajstić information content (AvgIpc) is 3.38. The lowest BCUT2D eigenvalue weighted by molar-refractivity contribution is 0.0998. The molecule has 0 atom stereocenters. The summed E-state index contributed by atoms with van der Waals surface area (Å²) in [7, 11) is 3.87. The fourth-order valence-corrected chi connectivity index (χ4v) is 4.59. The molecule has 3 heterocycles. The molecule has 5 aromatic rings. The van der Waals surface area contributed by atoms with Gasteiger partial charge in [0.25, 0.3) is 5.91 Å². The number of likely N-dealkylation sites (N-methyl/N-ethyl adjacent to an activating group) is 1. The zero-order valence-electron chi connectivity index (χ0n) is 19.2. The smallest absolute Gasteiger partial charge is 0.419 e. The minimum Gasteiger partial charge on any atom is -0.451 e. The molecule has 0 radical (unpaired) electrons. The Balaban J connectivity index is 1.44. The lowest BCUT2D eigenvalue weighted by Crippen LogP contribution is -2.23. The third kappa shape index (κ3) is 4.84. The Labute approximate surface area is 204 Å². The van der Waals surface area contributed by atoms with Crippen molar-refractivity contribution in [3.63, 3.8) is 0 Å². The van der Waals surface area contributed by atoms with Gasteiger partial charge < -0.3 is 19.1 Å². The number of benzene rings is 2. The Morgan fingerprint density at radius 2 is 1.86 bits per heavy atom. The van der Waals surface area contributed by atoms with E-state index in [4.69, 9.17) is 8.83 Å². The van der Waals surface area contributed by atoms with E-state index in [1.165, 1.54) is 11.8 Å². The van der Waals surface area contributed by atoms with Crippen molar-refractivity contribution in [1.29, 1.82) is 0 Å². The molecule has 1 amide bonds. The van der Waals surface area contributed by atoms with Gasteiger partial charge in [0.2, 0.25) is 0 Å². The van der Waals surface area contributed by atoms with Gasteiger partial charge in [0.15, 0.2) is 16.5 Å². The van der Waals surface area contributed by atoms with Crippen LogP contribution in [0.2, 0.25) is 0 Å². The molecule has 0 aliphatic carbocycles. The van der Waals surface area contributed by atoms with E-state index in [0.29, 0.717) is 46.4 Å². The third-order valence-electron chi connectivity index (χ3n) is 5.49. The van der Waals surface area contributed by atoms with Crippen LogP contribution in [0.4, 0.5) is 5.69 Å². The van der Waals surface area contributed by atoms with Crippen LogP contribution in [-0.2, 0) is 12.3 Å². The first kappa shape index (κ1) is 22.9. The number of hydrogen-bond donors (Lipinski definition) is 1. The van der Waals surface area contributed by atoms with E-state index in [-0.39, 0.29) is 11.7 Å². The Bertz CT molecular complexity index is 1550. The number of hydrogen-bond acceptors (Lipinski definition) is 8. The summed E-state index contributed by atoms with van der Waals surface area (Å²) in [6, 6.07) is 14.4. The van der Waals surface area contributed by atoms with Crippen LogP contribution in [0, 0.1) is 0 Å². The van der Waals surface area contributed by atoms with Gasteiger partial charge in [-0.1, -0.05) is 30.0 Å². The van der Waals surface area contributed by atoms with E-state index in [1.54, 1.807) is 41.2 Å². The molecule has 178 valence electrons. The van der Waals surface area contributed by atoms with Gasteiger partial charge in [-0.2, -0.15) is 0 Å². The average molecular weight is 490 g/mol. The second-order valence-electron chi connectivity index (χ2n) is 8.19. The van der Waals surface area contributed by atoms with E-state index >= 15 is 0 Å². The minimum atomic E-state index is -0.426. The summed E-state index contributed by atoms with van der Waals surface area (Å²) >= 11 is 1.43. The Hall–Kier alpha value is -3.89. The SMILES string of the molecule is CN(C)CCn1c(=O)oc2ccc(NC(=O)c3oc4ccccc4c3CSc3ncccn3)cc21. The zero-order valence-corrected chi connectivity index (χ0v) is 20.0. The number of thioether (sulfide) groups is 1. The van der Waals surface area contributed by atoms with Crippen LogP contribution in [0.1, 0.15) is 16.1 Å². The molecule has 0 aliphatic heterocycles. The van der Waals surface area contributed by atoms with Gasteiger partial charge >= 0.3 is 5.76 Å². The first-order valence-electron chi connectivity index (χ1n) is 11.0. The van der Waals surface area contributed by atoms with Gasteiger partial charge in [-0.25, -0.2) is 14.8 Å². The Morgan fingerprint density at radius 3 is 2.66 bits per heavy atom. The maximum atomic E-state index is 13.3. The number of carbonyl (C=O) groups excluding carboxylic acids is 1. The molecule has 0 unspecified atom stereocenters. The molecule has 35 heavy (non-hydrogen) atoms. The molecule has 0 aliphatic rings. The van der Waals surface area contributed by atoms with Crippen LogP contribution in [0.3, 0.4) is 0 Å². The number of rotatable bonds is 8. The van der Waals surface area contributed by atoms with Gasteiger partial charge in [0.05, 0.1) is 5.52 Å². The summed E-state index contributed by atoms with van der Waals surface area (Å²) < 4.78 is 12.9. The van der Waals surface area contributed by atoms with E-state index < -0.39 is 5.76 Å². The highest BCUT2D eigenvalue weighted by atomic mass is 32.2. The maximum absolute atomic E-state index is 13.3. The largest absolute Gasteiger partial charge is 0.451 e. The summed E-state index contributed by atoms with van der Waals surface area (Å²) in [5.74, 6) is -0.109. The van der Waals surface area contributed by atoms with Crippen molar-refractivity contribution < 1.29 is 13.6 Å². The number of carbonyl (C=O) groups is 1. The fourth-order valence-electron chi connectivity index (χ4n) is 3.76. The van der Waals surface area contributed by atoms with E-state index in [1.807, 2.05) is 43.3 Å². The molecular weight excluding hydrogens is 466 g/mol. The molecular formula is C25H23N5O4S. The molecule has 9 nitrogen and oxygen atoms in total. The van der Waals surface area contributed by atoms with Crippen molar-refractivity contribution in [3.05, 3.63) is 82.8 Å². The van der Waals surface area contributed by atoms with Crippen molar-refractivity contribution >= 4 is 45.4 Å². The Kier molecular flexibility index (Phi) is 6.39. The van der Waals surface area contributed by atoms with Crippen molar-refractivity contribution in [2.24, 2.45) is 0 Å². The van der Waals surface area contributed by atoms with E-state index in [2.05, 4.69) is 15.3 Å². The molecule has 5 rings (SSSR count). The molecule has 0 saturated carbocycles. The van der Waals surface area contributed by atoms with Crippen molar-refractivity contribution in [2.75, 3.05) is 26.0 Å². The van der Waals surface area contributed by atoms with Gasteiger partial charge in [0, 0.05) is 47.9 Å². The van der Waals surface area contributed by atoms with Crippen LogP contribution in [0.5, 0.6) is 0 Å². The topological polar surface area (TPSA) is 106 Å². The highest BCUT2D eigenvalue weighted by Gasteiger charge is 2.21. The van der Waals surface area contributed by atoms with E-state index in [9.17, 15) is 9.59 Å². The summed E-state index contributed by atoms with van der Waals surface area (Å²) in [4.78, 5) is 36.1. The van der Waals surface area contributed by atoms with Gasteiger partial charge in [-0.05, 0) is 44.4 Å². The normalized spacial score (nSPS) is 11.5. The third-order valence-corrected chi connectivity index (χ3v) is 6.39. The Morgan fingerprint density at radius 1 is 1.06 bits per heavy atom. The summed E-state index contributed by atoms with van der Waals surface area (Å²) in [6.07, 6.45) is 3.36. The molecule has 10 heteroatoms. The molecule has 0 bridgehead atoms. The lowest BCUT2D eigenvalue weighted by atomic mass is 10.1. The number of anilines is 1. The van der Waals surface area contributed by atoms with Crippen LogP contribution >= 0.6 is 11.8 Å². The quantitative estimate of drug-likeness (QED) is 0.255. The van der Waals surface area contributed by atoms with Crippen molar-refractivity contribution in [3.8, 4) is 0 Å². The number of para-hydroxylation sites is 1. The van der Waals surface area contributed by atoms with Gasteiger partial charge in [-0.15, -0.1) is 0 Å². The zero-order chi connectivity index (χ0) is 24.4. The summed E-state index contributed by atoms with van der Waals surface area (Å²) in [5, 5.41) is 4.39. The first-order valence-corrected chi connectivity index (χ1v) is 12.0. The molecule has 0 saturated heterocycles. The second kappa shape index (κ2) is 9.77. The number of nitrogens with one attached hydrogen (secondary N) is 1. The standard InChI is InChI=1S/C25H23N5O4S/c1-29(2)12-13-30-19-14-16(8-9-21(19)34-25(30)32)28-23(31)22-18(15-35-24-26-10-5-11-27-24)17-6-3-4-7-20(17)33-22/h3-11,14H,12-13,15H2,1-2H3,(H,28,31). The number of amides is 1.